The summed E-state index contributed by atoms with van der Waals surface area (Å²) in [6, 6.07) is 23.4. The van der Waals surface area contributed by atoms with Crippen LogP contribution in [0.3, 0.4) is 0 Å². The number of benzene rings is 3. The third-order valence-corrected chi connectivity index (χ3v) is 4.51. The van der Waals surface area contributed by atoms with Gasteiger partial charge in [-0.15, -0.1) is 0 Å². The lowest BCUT2D eigenvalue weighted by Gasteiger charge is -2.10. The SMILES string of the molecule is NC(=O)c1cccc(NCC(=O)Nc2cccc(NC(=O)CCc3ccccc3)c2)c1. The molecule has 7 heteroatoms. The molecular formula is C24H24N4O3. The summed E-state index contributed by atoms with van der Waals surface area (Å²) in [5, 5.41) is 8.58. The van der Waals surface area contributed by atoms with E-state index in [0.29, 0.717) is 35.5 Å². The van der Waals surface area contributed by atoms with Crippen molar-refractivity contribution in [1.29, 1.82) is 0 Å². The number of nitrogens with two attached hydrogens (primary N) is 1. The van der Waals surface area contributed by atoms with Crippen LogP contribution < -0.4 is 21.7 Å². The predicted octanol–water partition coefficient (Wildman–Crippen LogP) is 3.41. The Morgan fingerprint density at radius 2 is 1.35 bits per heavy atom. The third-order valence-electron chi connectivity index (χ3n) is 4.51. The highest BCUT2D eigenvalue weighted by Crippen LogP contribution is 2.16. The maximum atomic E-state index is 12.2. The van der Waals surface area contributed by atoms with Gasteiger partial charge in [-0.1, -0.05) is 42.5 Å². The van der Waals surface area contributed by atoms with Crippen molar-refractivity contribution in [1.82, 2.24) is 0 Å². The molecule has 0 aliphatic rings. The fourth-order valence-corrected chi connectivity index (χ4v) is 2.97. The zero-order chi connectivity index (χ0) is 22.1. The molecule has 0 atom stereocenters. The van der Waals surface area contributed by atoms with Gasteiger partial charge in [-0.05, 0) is 48.4 Å². The summed E-state index contributed by atoms with van der Waals surface area (Å²) in [7, 11) is 0. The van der Waals surface area contributed by atoms with Gasteiger partial charge in [-0.2, -0.15) is 0 Å². The summed E-state index contributed by atoms with van der Waals surface area (Å²) in [5.74, 6) is -0.893. The molecule has 0 saturated carbocycles. The summed E-state index contributed by atoms with van der Waals surface area (Å²) < 4.78 is 0. The Hall–Kier alpha value is -4.13. The first kappa shape index (κ1) is 21.6. The first-order valence-electron chi connectivity index (χ1n) is 9.87. The summed E-state index contributed by atoms with van der Waals surface area (Å²) >= 11 is 0. The molecule has 0 spiro atoms. The minimum absolute atomic E-state index is 0.00980. The lowest BCUT2D eigenvalue weighted by Crippen LogP contribution is -2.22. The lowest BCUT2D eigenvalue weighted by atomic mass is 10.1. The molecule has 0 radical (unpaired) electrons. The van der Waals surface area contributed by atoms with Gasteiger partial charge in [0.25, 0.3) is 0 Å². The van der Waals surface area contributed by atoms with Crippen LogP contribution in [0.25, 0.3) is 0 Å². The summed E-state index contributed by atoms with van der Waals surface area (Å²) in [5.41, 5.74) is 8.52. The van der Waals surface area contributed by atoms with Gasteiger partial charge in [-0.25, -0.2) is 0 Å². The largest absolute Gasteiger partial charge is 0.376 e. The Morgan fingerprint density at radius 1 is 0.710 bits per heavy atom. The zero-order valence-corrected chi connectivity index (χ0v) is 16.9. The van der Waals surface area contributed by atoms with Crippen molar-refractivity contribution < 1.29 is 14.4 Å². The number of hydrogen-bond donors (Lipinski definition) is 4. The average molecular weight is 416 g/mol. The average Bonchev–Trinajstić information content (AvgIpc) is 2.77. The summed E-state index contributed by atoms with van der Waals surface area (Å²) in [4.78, 5) is 35.7. The number of anilines is 3. The Morgan fingerprint density at radius 3 is 2.06 bits per heavy atom. The molecule has 3 aromatic carbocycles. The molecule has 0 saturated heterocycles. The molecule has 7 nitrogen and oxygen atoms in total. The van der Waals surface area contributed by atoms with E-state index in [9.17, 15) is 14.4 Å². The second-order valence-corrected chi connectivity index (χ2v) is 6.96. The standard InChI is InChI=1S/C24H24N4O3/c25-24(31)18-8-4-9-19(14-18)26-16-23(30)28-21-11-5-10-20(15-21)27-22(29)13-12-17-6-2-1-3-7-17/h1-11,14-15,26H,12-13,16H2,(H2,25,31)(H,27,29)(H,28,30). The first-order chi connectivity index (χ1) is 15.0. The van der Waals surface area contributed by atoms with Crippen LogP contribution >= 0.6 is 0 Å². The van der Waals surface area contributed by atoms with E-state index in [4.69, 9.17) is 5.73 Å². The number of carbonyl (C=O) groups excluding carboxylic acids is 3. The van der Waals surface area contributed by atoms with Crippen molar-refractivity contribution in [3.05, 3.63) is 90.0 Å². The Kier molecular flexibility index (Phi) is 7.37. The van der Waals surface area contributed by atoms with E-state index < -0.39 is 5.91 Å². The van der Waals surface area contributed by atoms with E-state index in [1.54, 1.807) is 48.5 Å². The van der Waals surface area contributed by atoms with Gasteiger partial charge in [0, 0.05) is 29.0 Å². The van der Waals surface area contributed by atoms with Crippen LogP contribution in [0.15, 0.2) is 78.9 Å². The van der Waals surface area contributed by atoms with Gasteiger partial charge < -0.3 is 21.7 Å². The fourth-order valence-electron chi connectivity index (χ4n) is 2.97. The van der Waals surface area contributed by atoms with Crippen LogP contribution in [0.5, 0.6) is 0 Å². The minimum Gasteiger partial charge on any atom is -0.376 e. The Bertz CT molecular complexity index is 1070. The number of rotatable bonds is 9. The monoisotopic (exact) mass is 416 g/mol. The molecular weight excluding hydrogens is 392 g/mol. The lowest BCUT2D eigenvalue weighted by molar-refractivity contribution is -0.116. The first-order valence-corrected chi connectivity index (χ1v) is 9.87. The number of primary amides is 1. The molecule has 158 valence electrons. The zero-order valence-electron chi connectivity index (χ0n) is 16.9. The molecule has 3 amide bonds. The van der Waals surface area contributed by atoms with E-state index in [1.165, 1.54) is 0 Å². The van der Waals surface area contributed by atoms with Crippen LogP contribution in [0.1, 0.15) is 22.3 Å². The second kappa shape index (κ2) is 10.6. The molecule has 0 aliphatic heterocycles. The number of carbonyl (C=O) groups is 3. The molecule has 3 rings (SSSR count). The van der Waals surface area contributed by atoms with Gasteiger partial charge in [0.2, 0.25) is 17.7 Å². The highest BCUT2D eigenvalue weighted by Gasteiger charge is 2.07. The van der Waals surface area contributed by atoms with Crippen LogP contribution in [0, 0.1) is 0 Å². The van der Waals surface area contributed by atoms with Gasteiger partial charge in [0.15, 0.2) is 0 Å². The number of amides is 3. The Balaban J connectivity index is 1.49. The normalized spacial score (nSPS) is 10.2. The van der Waals surface area contributed by atoms with E-state index >= 15 is 0 Å². The van der Waals surface area contributed by atoms with E-state index in [0.717, 1.165) is 5.56 Å². The Labute approximate surface area is 180 Å². The van der Waals surface area contributed by atoms with Crippen LogP contribution in [-0.4, -0.2) is 24.3 Å². The van der Waals surface area contributed by atoms with Gasteiger partial charge >= 0.3 is 0 Å². The van der Waals surface area contributed by atoms with Crippen LogP contribution in [0.2, 0.25) is 0 Å². The number of nitrogens with one attached hydrogen (secondary N) is 3. The second-order valence-electron chi connectivity index (χ2n) is 6.96. The van der Waals surface area contributed by atoms with Gasteiger partial charge in [0.05, 0.1) is 6.54 Å². The molecule has 0 bridgehead atoms. The number of hydrogen-bond acceptors (Lipinski definition) is 4. The van der Waals surface area contributed by atoms with Crippen molar-refractivity contribution in [2.75, 3.05) is 22.5 Å². The van der Waals surface area contributed by atoms with Crippen molar-refractivity contribution in [3.8, 4) is 0 Å². The smallest absolute Gasteiger partial charge is 0.248 e. The molecule has 0 aromatic heterocycles. The fraction of sp³-hybridized carbons (Fsp3) is 0.125. The molecule has 31 heavy (non-hydrogen) atoms. The maximum Gasteiger partial charge on any atom is 0.248 e. The maximum absolute atomic E-state index is 12.2. The number of aryl methyl sites for hydroxylation is 1. The molecule has 3 aromatic rings. The molecule has 0 heterocycles. The molecule has 5 N–H and O–H groups in total. The van der Waals surface area contributed by atoms with E-state index in [-0.39, 0.29) is 18.4 Å². The summed E-state index contributed by atoms with van der Waals surface area (Å²) in [6.45, 7) is 0.00980. The topological polar surface area (TPSA) is 113 Å². The van der Waals surface area contributed by atoms with Crippen molar-refractivity contribution in [2.24, 2.45) is 5.73 Å². The van der Waals surface area contributed by atoms with Crippen LogP contribution in [-0.2, 0) is 16.0 Å². The minimum atomic E-state index is -0.532. The van der Waals surface area contributed by atoms with E-state index in [1.807, 2.05) is 30.3 Å². The quantitative estimate of drug-likeness (QED) is 0.428. The van der Waals surface area contributed by atoms with Crippen LogP contribution in [0.4, 0.5) is 17.1 Å². The van der Waals surface area contributed by atoms with Gasteiger partial charge in [-0.3, -0.25) is 14.4 Å². The molecule has 0 unspecified atom stereocenters. The van der Waals surface area contributed by atoms with Crippen molar-refractivity contribution in [3.63, 3.8) is 0 Å². The molecule has 0 aliphatic carbocycles. The predicted molar refractivity (Wildman–Crippen MR) is 122 cm³/mol. The third kappa shape index (κ3) is 7.01. The van der Waals surface area contributed by atoms with E-state index in [2.05, 4.69) is 16.0 Å². The van der Waals surface area contributed by atoms with Crippen molar-refractivity contribution in [2.45, 2.75) is 12.8 Å². The van der Waals surface area contributed by atoms with Crippen molar-refractivity contribution >= 4 is 34.8 Å². The summed E-state index contributed by atoms with van der Waals surface area (Å²) in [6.07, 6.45) is 1.03. The molecule has 0 fully saturated rings. The highest BCUT2D eigenvalue weighted by molar-refractivity contribution is 5.96. The highest BCUT2D eigenvalue weighted by atomic mass is 16.2. The van der Waals surface area contributed by atoms with Gasteiger partial charge in [0.1, 0.15) is 0 Å².